The van der Waals surface area contributed by atoms with Crippen LogP contribution in [0.5, 0.6) is 0 Å². The van der Waals surface area contributed by atoms with Crippen LogP contribution in [-0.2, 0) is 11.8 Å². The third kappa shape index (κ3) is 3.20. The van der Waals surface area contributed by atoms with Gasteiger partial charge in [0.2, 0.25) is 0 Å². The molecule has 2 aromatic rings. The molecular weight excluding hydrogens is 270 g/mol. The Hall–Kier alpha value is -1.79. The van der Waals surface area contributed by atoms with Gasteiger partial charge in [-0.2, -0.15) is 5.26 Å². The predicted molar refractivity (Wildman–Crippen MR) is 80.6 cm³/mol. The Morgan fingerprint density at radius 2 is 2.30 bits per heavy atom. The molecule has 0 aliphatic rings. The van der Waals surface area contributed by atoms with Gasteiger partial charge >= 0.3 is 0 Å². The number of halogens is 1. The molecule has 0 aliphatic heterocycles. The maximum absolute atomic E-state index is 9.82. The van der Waals surface area contributed by atoms with E-state index in [0.717, 1.165) is 30.5 Å². The van der Waals surface area contributed by atoms with E-state index in [1.807, 2.05) is 24.3 Å². The van der Waals surface area contributed by atoms with Gasteiger partial charge in [0.05, 0.1) is 17.8 Å². The molecule has 3 nitrogen and oxygen atoms in total. The van der Waals surface area contributed by atoms with Crippen LogP contribution in [0.2, 0.25) is 5.02 Å². The topological polar surface area (TPSA) is 52.5 Å². The normalized spacial score (nSPS) is 13.7. The van der Waals surface area contributed by atoms with Gasteiger partial charge in [0.1, 0.15) is 0 Å². The summed E-state index contributed by atoms with van der Waals surface area (Å²) in [7, 11) is 0. The van der Waals surface area contributed by atoms with Crippen molar-refractivity contribution in [2.24, 2.45) is 0 Å². The minimum Gasteiger partial charge on any atom is -0.348 e. The first kappa shape index (κ1) is 14.6. The smallest absolute Gasteiger partial charge is 0.0921 e. The van der Waals surface area contributed by atoms with Crippen LogP contribution in [0.4, 0.5) is 0 Å². The minimum atomic E-state index is -0.548. The first-order valence-electron chi connectivity index (χ1n) is 6.85. The molecule has 1 unspecified atom stereocenters. The van der Waals surface area contributed by atoms with Crippen LogP contribution < -0.4 is 0 Å². The number of H-pyrrole nitrogens is 1. The predicted octanol–water partition coefficient (Wildman–Crippen LogP) is 4.26. The Morgan fingerprint density at radius 1 is 1.45 bits per heavy atom. The summed E-state index contributed by atoms with van der Waals surface area (Å²) < 4.78 is 0. The van der Waals surface area contributed by atoms with Gasteiger partial charge in [-0.3, -0.25) is 0 Å². The number of aromatic amines is 1. The highest BCUT2D eigenvalue weighted by Crippen LogP contribution is 2.34. The highest BCUT2D eigenvalue weighted by Gasteiger charge is 2.32. The van der Waals surface area contributed by atoms with E-state index in [1.165, 1.54) is 0 Å². The van der Waals surface area contributed by atoms with Crippen LogP contribution in [0.25, 0.3) is 0 Å². The molecule has 104 valence electrons. The minimum absolute atomic E-state index is 0.548. The van der Waals surface area contributed by atoms with E-state index < -0.39 is 5.41 Å². The first-order chi connectivity index (χ1) is 9.70. The maximum atomic E-state index is 9.82. The highest BCUT2D eigenvalue weighted by molar-refractivity contribution is 6.30. The molecule has 1 aromatic carbocycles. The Bertz CT molecular complexity index is 586. The van der Waals surface area contributed by atoms with E-state index in [-0.39, 0.29) is 0 Å². The molecule has 0 aliphatic carbocycles. The molecule has 0 saturated heterocycles. The highest BCUT2D eigenvalue weighted by atomic mass is 35.5. The average Bonchev–Trinajstić information content (AvgIpc) is 2.96. The monoisotopic (exact) mass is 287 g/mol. The Labute approximate surface area is 124 Å². The zero-order valence-electron chi connectivity index (χ0n) is 11.6. The zero-order valence-corrected chi connectivity index (χ0v) is 12.3. The molecule has 0 fully saturated rings. The summed E-state index contributed by atoms with van der Waals surface area (Å²) in [5.41, 5.74) is 1.41. The van der Waals surface area contributed by atoms with E-state index in [2.05, 4.69) is 23.0 Å². The molecule has 0 bridgehead atoms. The molecule has 2 rings (SSSR count). The van der Waals surface area contributed by atoms with Gasteiger partial charge in [0.25, 0.3) is 0 Å². The van der Waals surface area contributed by atoms with Gasteiger partial charge in [0.15, 0.2) is 0 Å². The molecule has 0 radical (unpaired) electrons. The summed E-state index contributed by atoms with van der Waals surface area (Å²) in [6, 6.07) is 10.2. The van der Waals surface area contributed by atoms with E-state index in [4.69, 9.17) is 11.6 Å². The number of aromatic nitrogens is 2. The number of benzene rings is 1. The molecule has 1 N–H and O–H groups in total. The molecule has 0 saturated carbocycles. The van der Waals surface area contributed by atoms with E-state index in [1.54, 1.807) is 12.5 Å². The number of hydrogen-bond acceptors (Lipinski definition) is 2. The maximum Gasteiger partial charge on any atom is 0.0921 e. The Kier molecular flexibility index (Phi) is 4.81. The second kappa shape index (κ2) is 6.58. The van der Waals surface area contributed by atoms with Gasteiger partial charge < -0.3 is 4.98 Å². The third-order valence-electron chi connectivity index (χ3n) is 3.60. The van der Waals surface area contributed by atoms with Crippen LogP contribution in [0, 0.1) is 11.3 Å². The number of nitrogens with zero attached hydrogens (tertiary/aromatic N) is 2. The zero-order chi connectivity index (χ0) is 14.4. The summed E-state index contributed by atoms with van der Waals surface area (Å²) in [5.74, 6) is 0. The fourth-order valence-electron chi connectivity index (χ4n) is 2.47. The van der Waals surface area contributed by atoms with Crippen molar-refractivity contribution in [1.82, 2.24) is 9.97 Å². The van der Waals surface area contributed by atoms with Crippen LogP contribution in [0.3, 0.4) is 0 Å². The number of rotatable bonds is 6. The fraction of sp³-hybridized carbons (Fsp3) is 0.375. The fourth-order valence-corrected chi connectivity index (χ4v) is 2.66. The summed E-state index contributed by atoms with van der Waals surface area (Å²) in [4.78, 5) is 7.13. The Morgan fingerprint density at radius 3 is 2.90 bits per heavy atom. The van der Waals surface area contributed by atoms with Crippen LogP contribution in [0.1, 0.15) is 37.4 Å². The lowest BCUT2D eigenvalue weighted by molar-refractivity contribution is 0.472. The van der Waals surface area contributed by atoms with Crippen molar-refractivity contribution in [2.75, 3.05) is 0 Å². The van der Waals surface area contributed by atoms with E-state index in [0.29, 0.717) is 11.4 Å². The molecule has 0 spiro atoms. The number of nitrogens with one attached hydrogen (secondary N) is 1. The second-order valence-corrected chi connectivity index (χ2v) is 5.50. The molecule has 1 aromatic heterocycles. The third-order valence-corrected chi connectivity index (χ3v) is 3.83. The molecule has 0 amide bonds. The van der Waals surface area contributed by atoms with Crippen molar-refractivity contribution in [3.8, 4) is 6.07 Å². The van der Waals surface area contributed by atoms with Crippen molar-refractivity contribution < 1.29 is 0 Å². The van der Waals surface area contributed by atoms with E-state index in [9.17, 15) is 5.26 Å². The lowest BCUT2D eigenvalue weighted by Crippen LogP contribution is -2.27. The van der Waals surface area contributed by atoms with Gasteiger partial charge in [-0.15, -0.1) is 0 Å². The molecule has 4 heteroatoms. The summed E-state index contributed by atoms with van der Waals surface area (Å²) in [6.45, 7) is 2.14. The molecule has 20 heavy (non-hydrogen) atoms. The van der Waals surface area contributed by atoms with Gasteiger partial charge in [-0.05, 0) is 24.1 Å². The van der Waals surface area contributed by atoms with Crippen molar-refractivity contribution in [3.05, 3.63) is 53.1 Å². The largest absolute Gasteiger partial charge is 0.348 e. The SMILES string of the molecule is CCCCC(C#N)(Cc1cnc[nH]1)c1cccc(Cl)c1. The quantitative estimate of drug-likeness (QED) is 0.863. The van der Waals surface area contributed by atoms with Crippen molar-refractivity contribution in [2.45, 2.75) is 38.0 Å². The standard InChI is InChI=1S/C16H18ClN3/c1-2-3-7-16(11-18,9-15-10-19-12-20-15)13-5-4-6-14(17)8-13/h4-6,8,10,12H,2-3,7,9H2,1H3,(H,19,20). The summed E-state index contributed by atoms with van der Waals surface area (Å²) in [5, 5.41) is 10.5. The Balaban J connectivity index is 2.39. The van der Waals surface area contributed by atoms with Gasteiger partial charge in [0, 0.05) is 23.3 Å². The van der Waals surface area contributed by atoms with Crippen molar-refractivity contribution >= 4 is 11.6 Å². The van der Waals surface area contributed by atoms with Gasteiger partial charge in [-0.25, -0.2) is 4.98 Å². The summed E-state index contributed by atoms with van der Waals surface area (Å²) in [6.07, 6.45) is 6.95. The van der Waals surface area contributed by atoms with Crippen LogP contribution >= 0.6 is 11.6 Å². The summed E-state index contributed by atoms with van der Waals surface area (Å²) >= 11 is 6.09. The average molecular weight is 288 g/mol. The molecule has 1 atom stereocenters. The number of unbranched alkanes of at least 4 members (excludes halogenated alkanes) is 1. The molecule has 1 heterocycles. The van der Waals surface area contributed by atoms with Gasteiger partial charge in [-0.1, -0.05) is 43.5 Å². The van der Waals surface area contributed by atoms with Crippen LogP contribution in [-0.4, -0.2) is 9.97 Å². The lowest BCUT2D eigenvalue weighted by atomic mass is 9.74. The van der Waals surface area contributed by atoms with Crippen LogP contribution in [0.15, 0.2) is 36.8 Å². The van der Waals surface area contributed by atoms with E-state index >= 15 is 0 Å². The lowest BCUT2D eigenvalue weighted by Gasteiger charge is -2.27. The number of nitriles is 1. The first-order valence-corrected chi connectivity index (χ1v) is 7.22. The molecular formula is C16H18ClN3. The number of imidazole rings is 1. The van der Waals surface area contributed by atoms with Crippen molar-refractivity contribution in [1.29, 1.82) is 5.26 Å². The second-order valence-electron chi connectivity index (χ2n) is 5.06. The number of hydrogen-bond donors (Lipinski definition) is 1. The van der Waals surface area contributed by atoms with Crippen molar-refractivity contribution in [3.63, 3.8) is 0 Å².